The molecule has 0 aromatic rings. The van der Waals surface area contributed by atoms with Gasteiger partial charge in [-0.3, -0.25) is 0 Å². The quantitative estimate of drug-likeness (QED) is 0.529. The van der Waals surface area contributed by atoms with Gasteiger partial charge in [-0.2, -0.15) is 0 Å². The Morgan fingerprint density at radius 3 is 2.44 bits per heavy atom. The summed E-state index contributed by atoms with van der Waals surface area (Å²) in [6.45, 7) is 11.6. The Morgan fingerprint density at radius 1 is 1.19 bits per heavy atom. The summed E-state index contributed by atoms with van der Waals surface area (Å²) in [5, 5.41) is 0. The molecule has 0 saturated carbocycles. The molecular formula is C15H20S. The third-order valence-corrected chi connectivity index (χ3v) is 2.89. The van der Waals surface area contributed by atoms with E-state index in [1.165, 1.54) is 4.91 Å². The zero-order valence-corrected chi connectivity index (χ0v) is 11.0. The summed E-state index contributed by atoms with van der Waals surface area (Å²) >= 11 is 1.68. The molecule has 0 nitrogen and oxygen atoms in total. The molecule has 0 fully saturated rings. The molecule has 0 aliphatic heterocycles. The molecule has 0 aromatic heterocycles. The molecule has 0 N–H and O–H groups in total. The lowest BCUT2D eigenvalue weighted by Gasteiger charge is -2.01. The van der Waals surface area contributed by atoms with Crippen molar-refractivity contribution in [2.75, 3.05) is 0 Å². The first kappa shape index (κ1) is 14.8. The van der Waals surface area contributed by atoms with E-state index in [-0.39, 0.29) is 0 Å². The van der Waals surface area contributed by atoms with Crippen LogP contribution >= 0.6 is 11.8 Å². The van der Waals surface area contributed by atoms with Gasteiger partial charge in [-0.05, 0) is 25.5 Å². The highest BCUT2D eigenvalue weighted by Crippen LogP contribution is 2.26. The van der Waals surface area contributed by atoms with E-state index in [0.29, 0.717) is 0 Å². The van der Waals surface area contributed by atoms with Gasteiger partial charge in [0.25, 0.3) is 0 Å². The maximum Gasteiger partial charge on any atom is 0.0116 e. The summed E-state index contributed by atoms with van der Waals surface area (Å²) in [4.78, 5) is 2.31. The maximum atomic E-state index is 3.77. The van der Waals surface area contributed by atoms with Crippen molar-refractivity contribution in [3.8, 4) is 0 Å². The van der Waals surface area contributed by atoms with Crippen molar-refractivity contribution < 1.29 is 0 Å². The van der Waals surface area contributed by atoms with Crippen LogP contribution in [0.1, 0.15) is 20.3 Å². The summed E-state index contributed by atoms with van der Waals surface area (Å²) in [6, 6.07) is 0. The molecule has 0 saturated heterocycles. The highest BCUT2D eigenvalue weighted by molar-refractivity contribution is 8.07. The monoisotopic (exact) mass is 232 g/mol. The van der Waals surface area contributed by atoms with Crippen molar-refractivity contribution in [2.24, 2.45) is 0 Å². The van der Waals surface area contributed by atoms with Gasteiger partial charge in [-0.25, -0.2) is 0 Å². The molecule has 0 heterocycles. The predicted molar refractivity (Wildman–Crippen MR) is 78.4 cm³/mol. The minimum absolute atomic E-state index is 1.07. The summed E-state index contributed by atoms with van der Waals surface area (Å²) in [5.74, 6) is 0. The van der Waals surface area contributed by atoms with Gasteiger partial charge < -0.3 is 0 Å². The number of thioether (sulfide) groups is 1. The zero-order valence-electron chi connectivity index (χ0n) is 10.1. The molecule has 0 rings (SSSR count). The summed E-state index contributed by atoms with van der Waals surface area (Å²) in [6.07, 6.45) is 17.1. The third kappa shape index (κ3) is 7.13. The fourth-order valence-corrected chi connectivity index (χ4v) is 1.73. The van der Waals surface area contributed by atoms with E-state index in [0.717, 1.165) is 11.3 Å². The Hall–Kier alpha value is -1.21. The first-order chi connectivity index (χ1) is 7.78. The van der Waals surface area contributed by atoms with Crippen molar-refractivity contribution >= 4 is 11.8 Å². The molecule has 0 aromatic carbocycles. The van der Waals surface area contributed by atoms with E-state index in [9.17, 15) is 0 Å². The Bertz CT molecular complexity index is 327. The van der Waals surface area contributed by atoms with E-state index < -0.39 is 0 Å². The molecule has 16 heavy (non-hydrogen) atoms. The van der Waals surface area contributed by atoms with Crippen LogP contribution in [0.25, 0.3) is 0 Å². The van der Waals surface area contributed by atoms with Gasteiger partial charge >= 0.3 is 0 Å². The van der Waals surface area contributed by atoms with E-state index in [4.69, 9.17) is 0 Å². The maximum absolute atomic E-state index is 3.77. The Labute approximate surface area is 104 Å². The number of allylic oxidation sites excluding steroid dienone is 8. The second kappa shape index (κ2) is 10.3. The van der Waals surface area contributed by atoms with E-state index in [2.05, 4.69) is 50.5 Å². The Balaban J connectivity index is 4.47. The van der Waals surface area contributed by atoms with Crippen LogP contribution in [0.2, 0.25) is 0 Å². The summed E-state index contributed by atoms with van der Waals surface area (Å²) < 4.78 is 0. The van der Waals surface area contributed by atoms with Crippen LogP contribution in [0.5, 0.6) is 0 Å². The number of hydrogen-bond acceptors (Lipinski definition) is 1. The van der Waals surface area contributed by atoms with E-state index >= 15 is 0 Å². The molecule has 0 amide bonds. The standard InChI is InChI=1S/C15H20S/c1-5-9-10-11-13-15(8-4)16-14(7-3)12-6-2/h6-13H,2-3,5H2,1,4H3/b10-9-,13-11-,14-12+,15-8+. The summed E-state index contributed by atoms with van der Waals surface area (Å²) in [5.41, 5.74) is 0. The van der Waals surface area contributed by atoms with Gasteiger partial charge in [0.15, 0.2) is 0 Å². The lowest BCUT2D eigenvalue weighted by atomic mass is 10.3. The highest BCUT2D eigenvalue weighted by atomic mass is 32.2. The Morgan fingerprint density at radius 2 is 1.94 bits per heavy atom. The average Bonchev–Trinajstić information content (AvgIpc) is 2.31. The molecule has 1 heteroatoms. The fraction of sp³-hybridized carbons (Fsp3) is 0.200. The SMILES string of the molecule is C=C/C=C(\C=C)SC(/C=C\C=C/CC)=C/C. The highest BCUT2D eigenvalue weighted by Gasteiger charge is 1.94. The molecule has 0 aliphatic carbocycles. The van der Waals surface area contributed by atoms with Gasteiger partial charge in [0.05, 0.1) is 0 Å². The van der Waals surface area contributed by atoms with Crippen LogP contribution in [0.4, 0.5) is 0 Å². The van der Waals surface area contributed by atoms with Crippen molar-refractivity contribution in [3.05, 3.63) is 71.6 Å². The van der Waals surface area contributed by atoms with Crippen LogP contribution in [-0.4, -0.2) is 0 Å². The lowest BCUT2D eigenvalue weighted by Crippen LogP contribution is -1.72. The molecule has 86 valence electrons. The average molecular weight is 232 g/mol. The van der Waals surface area contributed by atoms with Crippen LogP contribution in [0, 0.1) is 0 Å². The van der Waals surface area contributed by atoms with Gasteiger partial charge in [0.1, 0.15) is 0 Å². The van der Waals surface area contributed by atoms with Gasteiger partial charge in [0.2, 0.25) is 0 Å². The lowest BCUT2D eigenvalue weighted by molar-refractivity contribution is 1.22. The normalized spacial score (nSPS) is 13.6. The molecule has 0 aliphatic rings. The van der Waals surface area contributed by atoms with Crippen molar-refractivity contribution in [1.29, 1.82) is 0 Å². The van der Waals surface area contributed by atoms with E-state index in [1.54, 1.807) is 17.8 Å². The number of hydrogen-bond donors (Lipinski definition) is 0. The van der Waals surface area contributed by atoms with Crippen LogP contribution < -0.4 is 0 Å². The molecule has 0 unspecified atom stereocenters. The predicted octanol–water partition coefficient (Wildman–Crippen LogP) is 5.40. The minimum atomic E-state index is 1.07. The molecule has 0 radical (unpaired) electrons. The second-order valence-electron chi connectivity index (χ2n) is 3.00. The first-order valence-corrected chi connectivity index (χ1v) is 6.22. The zero-order chi connectivity index (χ0) is 12.2. The molecule has 0 spiro atoms. The van der Waals surface area contributed by atoms with Crippen LogP contribution in [0.3, 0.4) is 0 Å². The van der Waals surface area contributed by atoms with Crippen molar-refractivity contribution in [2.45, 2.75) is 20.3 Å². The second-order valence-corrected chi connectivity index (χ2v) is 4.14. The topological polar surface area (TPSA) is 0 Å². The van der Waals surface area contributed by atoms with Crippen LogP contribution in [0.15, 0.2) is 71.6 Å². The first-order valence-electron chi connectivity index (χ1n) is 5.41. The molecule has 0 atom stereocenters. The molecule has 0 bridgehead atoms. The van der Waals surface area contributed by atoms with Gasteiger partial charge in [0, 0.05) is 9.81 Å². The van der Waals surface area contributed by atoms with Crippen molar-refractivity contribution in [3.63, 3.8) is 0 Å². The fourth-order valence-electron chi connectivity index (χ4n) is 0.950. The van der Waals surface area contributed by atoms with Crippen LogP contribution in [-0.2, 0) is 0 Å². The largest absolute Gasteiger partial charge is 0.0990 e. The third-order valence-electron chi connectivity index (χ3n) is 1.75. The minimum Gasteiger partial charge on any atom is -0.0990 e. The summed E-state index contributed by atoms with van der Waals surface area (Å²) in [7, 11) is 0. The molecular weight excluding hydrogens is 212 g/mol. The van der Waals surface area contributed by atoms with Gasteiger partial charge in [-0.1, -0.05) is 68.3 Å². The van der Waals surface area contributed by atoms with E-state index in [1.807, 2.05) is 19.1 Å². The number of rotatable bonds is 7. The van der Waals surface area contributed by atoms with Gasteiger partial charge in [-0.15, -0.1) is 0 Å². The Kier molecular flexibility index (Phi) is 9.53. The smallest absolute Gasteiger partial charge is 0.0116 e. The van der Waals surface area contributed by atoms with Crippen molar-refractivity contribution in [1.82, 2.24) is 0 Å².